The lowest BCUT2D eigenvalue weighted by atomic mass is 10.2. The van der Waals surface area contributed by atoms with Crippen LogP contribution in [0, 0.1) is 0 Å². The number of nitrogens with one attached hydrogen (secondary N) is 1. The van der Waals surface area contributed by atoms with Gasteiger partial charge >= 0.3 is 0 Å². The number of hydrogen-bond donors (Lipinski definition) is 1. The molecule has 0 spiro atoms. The third-order valence-corrected chi connectivity index (χ3v) is 2.85. The van der Waals surface area contributed by atoms with Crippen molar-refractivity contribution in [1.29, 1.82) is 0 Å². The van der Waals surface area contributed by atoms with Gasteiger partial charge in [-0.3, -0.25) is 4.79 Å². The normalized spacial score (nSPS) is 12.5. The molecule has 1 atom stereocenters. The van der Waals surface area contributed by atoms with Crippen molar-refractivity contribution in [2.24, 2.45) is 0 Å². The zero-order chi connectivity index (χ0) is 10.6. The second-order valence-electron chi connectivity index (χ2n) is 2.96. The van der Waals surface area contributed by atoms with Gasteiger partial charge in [-0.2, -0.15) is 0 Å². The molecule has 1 N–H and O–H groups in total. The molecular weight excluding hydrogens is 314 g/mol. The molecule has 0 aliphatic heterocycles. The summed E-state index contributed by atoms with van der Waals surface area (Å²) in [6.45, 7) is 1.97. The average Bonchev–Trinajstić information content (AvgIpc) is 2.51. The fraction of sp³-hybridized carbons (Fsp3) is 0.444. The Hall–Kier alpha value is -0.290. The van der Waals surface area contributed by atoms with Gasteiger partial charge in [0.2, 0.25) is 0 Å². The maximum atomic E-state index is 11.6. The molecule has 0 aliphatic carbocycles. The molecule has 1 aromatic heterocycles. The lowest BCUT2D eigenvalue weighted by Gasteiger charge is -2.11. The number of amides is 1. The smallest absolute Gasteiger partial charge is 0.255 e. The highest BCUT2D eigenvalue weighted by Gasteiger charge is 2.14. The quantitative estimate of drug-likeness (QED) is 0.865. The Bertz CT molecular complexity index is 312. The minimum Gasteiger partial charge on any atom is -0.457 e. The van der Waals surface area contributed by atoms with E-state index in [0.717, 1.165) is 11.8 Å². The summed E-state index contributed by atoms with van der Waals surface area (Å²) in [4.78, 5) is 11.6. The van der Waals surface area contributed by atoms with Crippen molar-refractivity contribution in [1.82, 2.24) is 5.32 Å². The molecule has 14 heavy (non-hydrogen) atoms. The summed E-state index contributed by atoms with van der Waals surface area (Å²) < 4.78 is 5.45. The maximum absolute atomic E-state index is 11.6. The molecule has 78 valence electrons. The van der Waals surface area contributed by atoms with Crippen LogP contribution in [-0.2, 0) is 0 Å². The van der Waals surface area contributed by atoms with E-state index in [4.69, 9.17) is 4.42 Å². The first-order valence-corrected chi connectivity index (χ1v) is 6.16. The monoisotopic (exact) mass is 323 g/mol. The van der Waals surface area contributed by atoms with Crippen LogP contribution in [0.15, 0.2) is 21.4 Å². The van der Waals surface area contributed by atoms with E-state index in [2.05, 4.69) is 37.2 Å². The largest absolute Gasteiger partial charge is 0.457 e. The molecule has 0 bridgehead atoms. The van der Waals surface area contributed by atoms with Crippen LogP contribution in [0.25, 0.3) is 0 Å². The van der Waals surface area contributed by atoms with Gasteiger partial charge in [-0.05, 0) is 35.3 Å². The summed E-state index contributed by atoms with van der Waals surface area (Å²) in [6.07, 6.45) is 2.38. The van der Waals surface area contributed by atoms with Crippen molar-refractivity contribution >= 4 is 37.8 Å². The number of carbonyl (C=O) groups is 1. The molecule has 0 aromatic carbocycles. The fourth-order valence-corrected chi connectivity index (χ4v) is 2.10. The van der Waals surface area contributed by atoms with Gasteiger partial charge in [0.25, 0.3) is 5.91 Å². The SMILES string of the molecule is CC(CCBr)NC(=O)c1ccoc1Br. The van der Waals surface area contributed by atoms with E-state index in [9.17, 15) is 4.79 Å². The van der Waals surface area contributed by atoms with Gasteiger partial charge in [-0.25, -0.2) is 0 Å². The van der Waals surface area contributed by atoms with Crippen LogP contribution < -0.4 is 5.32 Å². The van der Waals surface area contributed by atoms with Crippen molar-refractivity contribution in [2.45, 2.75) is 19.4 Å². The Balaban J connectivity index is 2.55. The Morgan fingerprint density at radius 1 is 1.71 bits per heavy atom. The van der Waals surface area contributed by atoms with Crippen LogP contribution in [0.5, 0.6) is 0 Å². The fourth-order valence-electron chi connectivity index (χ4n) is 0.993. The summed E-state index contributed by atoms with van der Waals surface area (Å²) in [5, 5.41) is 3.74. The highest BCUT2D eigenvalue weighted by atomic mass is 79.9. The number of halogens is 2. The Labute approximate surface area is 99.5 Å². The Morgan fingerprint density at radius 3 is 2.93 bits per heavy atom. The highest BCUT2D eigenvalue weighted by molar-refractivity contribution is 9.10. The van der Waals surface area contributed by atoms with E-state index < -0.39 is 0 Å². The summed E-state index contributed by atoms with van der Waals surface area (Å²) in [7, 11) is 0. The van der Waals surface area contributed by atoms with Crippen molar-refractivity contribution in [3.63, 3.8) is 0 Å². The molecule has 0 radical (unpaired) electrons. The standard InChI is InChI=1S/C9H11Br2NO2/c1-6(2-4-10)12-9(13)7-3-5-14-8(7)11/h3,5-6H,2,4H2,1H3,(H,12,13). The summed E-state index contributed by atoms with van der Waals surface area (Å²) >= 11 is 6.48. The molecule has 3 nitrogen and oxygen atoms in total. The first kappa shape index (κ1) is 11.8. The van der Waals surface area contributed by atoms with Gasteiger partial charge in [-0.15, -0.1) is 0 Å². The molecule has 0 fully saturated rings. The number of alkyl halides is 1. The molecule has 0 saturated heterocycles. The van der Waals surface area contributed by atoms with Crippen LogP contribution in [-0.4, -0.2) is 17.3 Å². The highest BCUT2D eigenvalue weighted by Crippen LogP contribution is 2.17. The van der Waals surface area contributed by atoms with E-state index in [0.29, 0.717) is 10.2 Å². The summed E-state index contributed by atoms with van der Waals surface area (Å²) in [5.74, 6) is -0.112. The molecule has 5 heteroatoms. The third-order valence-electron chi connectivity index (χ3n) is 1.78. The van der Waals surface area contributed by atoms with Crippen LogP contribution in [0.4, 0.5) is 0 Å². The average molecular weight is 325 g/mol. The first-order valence-electron chi connectivity index (χ1n) is 4.25. The summed E-state index contributed by atoms with van der Waals surface area (Å²) in [5.41, 5.74) is 0.534. The van der Waals surface area contributed by atoms with Gasteiger partial charge in [0.05, 0.1) is 11.8 Å². The third kappa shape index (κ3) is 3.13. The molecule has 1 aromatic rings. The van der Waals surface area contributed by atoms with Gasteiger partial charge in [0.1, 0.15) is 0 Å². The topological polar surface area (TPSA) is 42.2 Å². The second-order valence-corrected chi connectivity index (χ2v) is 4.47. The minimum absolute atomic E-state index is 0.112. The summed E-state index contributed by atoms with van der Waals surface area (Å²) in [6, 6.07) is 1.80. The number of furan rings is 1. The van der Waals surface area contributed by atoms with Crippen LogP contribution in [0.3, 0.4) is 0 Å². The van der Waals surface area contributed by atoms with E-state index in [1.807, 2.05) is 6.92 Å². The predicted octanol–water partition coefficient (Wildman–Crippen LogP) is 2.95. The van der Waals surface area contributed by atoms with Gasteiger partial charge in [-0.1, -0.05) is 15.9 Å². The van der Waals surface area contributed by atoms with Gasteiger partial charge < -0.3 is 9.73 Å². The van der Waals surface area contributed by atoms with E-state index in [1.54, 1.807) is 6.07 Å². The van der Waals surface area contributed by atoms with Crippen molar-refractivity contribution < 1.29 is 9.21 Å². The van der Waals surface area contributed by atoms with E-state index >= 15 is 0 Å². The van der Waals surface area contributed by atoms with Crippen molar-refractivity contribution in [3.8, 4) is 0 Å². The molecule has 1 unspecified atom stereocenters. The predicted molar refractivity (Wildman–Crippen MR) is 61.7 cm³/mol. The van der Waals surface area contributed by atoms with E-state index in [1.165, 1.54) is 6.26 Å². The van der Waals surface area contributed by atoms with Crippen molar-refractivity contribution in [3.05, 3.63) is 22.6 Å². The molecule has 1 amide bonds. The lowest BCUT2D eigenvalue weighted by molar-refractivity contribution is 0.0938. The number of carbonyl (C=O) groups excluding carboxylic acids is 1. The number of rotatable bonds is 4. The lowest BCUT2D eigenvalue weighted by Crippen LogP contribution is -2.32. The van der Waals surface area contributed by atoms with E-state index in [-0.39, 0.29) is 11.9 Å². The van der Waals surface area contributed by atoms with Crippen LogP contribution in [0.2, 0.25) is 0 Å². The van der Waals surface area contributed by atoms with Crippen LogP contribution in [0.1, 0.15) is 23.7 Å². The van der Waals surface area contributed by atoms with Gasteiger partial charge in [0.15, 0.2) is 4.67 Å². The molecule has 1 rings (SSSR count). The zero-order valence-electron chi connectivity index (χ0n) is 7.72. The molecule has 0 saturated carbocycles. The molecular formula is C9H11Br2NO2. The van der Waals surface area contributed by atoms with Crippen molar-refractivity contribution in [2.75, 3.05) is 5.33 Å². The molecule has 1 heterocycles. The zero-order valence-corrected chi connectivity index (χ0v) is 10.9. The minimum atomic E-state index is -0.112. The Morgan fingerprint density at radius 2 is 2.43 bits per heavy atom. The number of hydrogen-bond acceptors (Lipinski definition) is 2. The van der Waals surface area contributed by atoms with Crippen LogP contribution >= 0.6 is 31.9 Å². The first-order chi connectivity index (χ1) is 6.65. The maximum Gasteiger partial charge on any atom is 0.255 e. The molecule has 0 aliphatic rings. The Kier molecular flexibility index (Phi) is 4.68. The second kappa shape index (κ2) is 5.56. The van der Waals surface area contributed by atoms with Gasteiger partial charge in [0, 0.05) is 11.4 Å².